The standard InChI is InChI=1S/C23H29NO2S/c1-16-7-4-8-17(2)21(16)20(22-18(3)11-14-27-22)10-6-13-24-12-5-9-19(15-24)23(25)26/h4,7-8,10-11,14,19H,5-6,9,12-13,15H2,1-3H3,(H,25,26)/b20-10-. The molecule has 1 aliphatic heterocycles. The molecule has 0 amide bonds. The number of aryl methyl sites for hydroxylation is 3. The van der Waals surface area contributed by atoms with Crippen LogP contribution in [0.1, 0.15) is 46.4 Å². The highest BCUT2D eigenvalue weighted by Crippen LogP contribution is 2.34. The van der Waals surface area contributed by atoms with E-state index in [0.29, 0.717) is 6.54 Å². The topological polar surface area (TPSA) is 40.5 Å². The number of aliphatic carboxylic acids is 1. The Kier molecular flexibility index (Phi) is 6.51. The molecule has 4 heteroatoms. The number of benzene rings is 1. The van der Waals surface area contributed by atoms with E-state index in [-0.39, 0.29) is 5.92 Å². The number of hydrogen-bond acceptors (Lipinski definition) is 3. The van der Waals surface area contributed by atoms with E-state index >= 15 is 0 Å². The van der Waals surface area contributed by atoms with Gasteiger partial charge in [-0.1, -0.05) is 24.3 Å². The van der Waals surface area contributed by atoms with Crippen molar-refractivity contribution < 1.29 is 9.90 Å². The smallest absolute Gasteiger partial charge is 0.307 e. The van der Waals surface area contributed by atoms with Crippen LogP contribution in [0, 0.1) is 26.7 Å². The second kappa shape index (κ2) is 8.85. The van der Waals surface area contributed by atoms with Crippen LogP contribution in [0.3, 0.4) is 0 Å². The summed E-state index contributed by atoms with van der Waals surface area (Å²) in [5, 5.41) is 11.5. The van der Waals surface area contributed by atoms with E-state index in [1.807, 2.05) is 0 Å². The number of carboxylic acids is 1. The summed E-state index contributed by atoms with van der Waals surface area (Å²) < 4.78 is 0. The highest BCUT2D eigenvalue weighted by molar-refractivity contribution is 7.11. The highest BCUT2D eigenvalue weighted by Gasteiger charge is 2.24. The second-order valence-corrected chi connectivity index (χ2v) is 8.50. The van der Waals surface area contributed by atoms with Crippen LogP contribution in [0.25, 0.3) is 5.57 Å². The number of carbonyl (C=O) groups is 1. The van der Waals surface area contributed by atoms with Crippen molar-refractivity contribution in [3.05, 3.63) is 62.9 Å². The van der Waals surface area contributed by atoms with Gasteiger partial charge in [0.25, 0.3) is 0 Å². The van der Waals surface area contributed by atoms with E-state index in [1.165, 1.54) is 32.7 Å². The molecule has 0 saturated carbocycles. The molecule has 27 heavy (non-hydrogen) atoms. The third kappa shape index (κ3) is 4.69. The van der Waals surface area contributed by atoms with Crippen molar-refractivity contribution in [3.63, 3.8) is 0 Å². The Morgan fingerprint density at radius 1 is 1.22 bits per heavy atom. The Morgan fingerprint density at radius 2 is 1.96 bits per heavy atom. The molecule has 1 aromatic heterocycles. The Balaban J connectivity index is 1.82. The molecule has 0 spiro atoms. The highest BCUT2D eigenvalue weighted by atomic mass is 32.1. The van der Waals surface area contributed by atoms with Crippen molar-refractivity contribution in [2.24, 2.45) is 5.92 Å². The van der Waals surface area contributed by atoms with Crippen LogP contribution in [0.2, 0.25) is 0 Å². The van der Waals surface area contributed by atoms with Gasteiger partial charge in [-0.05, 0) is 85.9 Å². The summed E-state index contributed by atoms with van der Waals surface area (Å²) in [5.41, 5.74) is 6.59. The first-order valence-corrected chi connectivity index (χ1v) is 10.6. The number of thiophene rings is 1. The van der Waals surface area contributed by atoms with Crippen molar-refractivity contribution in [3.8, 4) is 0 Å². The third-order valence-electron chi connectivity index (χ3n) is 5.51. The summed E-state index contributed by atoms with van der Waals surface area (Å²) in [5.74, 6) is -0.860. The molecule has 3 rings (SSSR count). The molecular weight excluding hydrogens is 354 g/mol. The van der Waals surface area contributed by atoms with E-state index < -0.39 is 5.97 Å². The molecule has 1 unspecified atom stereocenters. The summed E-state index contributed by atoms with van der Waals surface area (Å²) in [6, 6.07) is 8.67. The van der Waals surface area contributed by atoms with E-state index in [1.54, 1.807) is 11.3 Å². The van der Waals surface area contributed by atoms with Gasteiger partial charge in [0.05, 0.1) is 5.92 Å². The lowest BCUT2D eigenvalue weighted by Gasteiger charge is -2.30. The van der Waals surface area contributed by atoms with Crippen LogP contribution in [0.4, 0.5) is 0 Å². The number of nitrogens with zero attached hydrogens (tertiary/aromatic N) is 1. The van der Waals surface area contributed by atoms with Crippen LogP contribution >= 0.6 is 11.3 Å². The summed E-state index contributed by atoms with van der Waals surface area (Å²) in [7, 11) is 0. The second-order valence-electron chi connectivity index (χ2n) is 7.58. The molecule has 1 aromatic carbocycles. The minimum absolute atomic E-state index is 0.208. The molecule has 1 N–H and O–H groups in total. The summed E-state index contributed by atoms with van der Waals surface area (Å²) in [6.45, 7) is 9.15. The summed E-state index contributed by atoms with van der Waals surface area (Å²) in [4.78, 5) is 14.9. The minimum Gasteiger partial charge on any atom is -0.481 e. The van der Waals surface area contributed by atoms with Gasteiger partial charge in [0, 0.05) is 18.0 Å². The quantitative estimate of drug-likeness (QED) is 0.737. The van der Waals surface area contributed by atoms with Gasteiger partial charge in [0.15, 0.2) is 0 Å². The first kappa shape index (κ1) is 19.8. The zero-order valence-electron chi connectivity index (χ0n) is 16.5. The summed E-state index contributed by atoms with van der Waals surface area (Å²) in [6.07, 6.45) is 5.09. The van der Waals surface area contributed by atoms with Crippen LogP contribution in [-0.2, 0) is 4.79 Å². The van der Waals surface area contributed by atoms with Gasteiger partial charge in [0.1, 0.15) is 0 Å². The van der Waals surface area contributed by atoms with Crippen LogP contribution in [-0.4, -0.2) is 35.6 Å². The normalized spacial score (nSPS) is 18.6. The van der Waals surface area contributed by atoms with Gasteiger partial charge >= 0.3 is 5.97 Å². The van der Waals surface area contributed by atoms with E-state index in [9.17, 15) is 9.90 Å². The molecule has 1 fully saturated rings. The fraction of sp³-hybridized carbons (Fsp3) is 0.435. The first-order chi connectivity index (χ1) is 13.0. The first-order valence-electron chi connectivity index (χ1n) is 9.73. The van der Waals surface area contributed by atoms with Crippen molar-refractivity contribution in [2.75, 3.05) is 19.6 Å². The number of carboxylic acid groups (broad SMARTS) is 1. The number of likely N-dealkylation sites (tertiary alicyclic amines) is 1. The third-order valence-corrected chi connectivity index (χ3v) is 6.56. The lowest BCUT2D eigenvalue weighted by molar-refractivity contribution is -0.143. The average Bonchev–Trinajstić information content (AvgIpc) is 3.06. The Morgan fingerprint density at radius 3 is 2.59 bits per heavy atom. The van der Waals surface area contributed by atoms with Gasteiger partial charge in [-0.3, -0.25) is 4.79 Å². The van der Waals surface area contributed by atoms with Crippen molar-refractivity contribution in [1.82, 2.24) is 4.90 Å². The van der Waals surface area contributed by atoms with Gasteiger partial charge in [-0.2, -0.15) is 0 Å². The molecule has 3 nitrogen and oxygen atoms in total. The molecule has 2 heterocycles. The fourth-order valence-corrected chi connectivity index (χ4v) is 5.02. The molecule has 144 valence electrons. The van der Waals surface area contributed by atoms with E-state index in [4.69, 9.17) is 0 Å². The molecule has 1 aliphatic rings. The van der Waals surface area contributed by atoms with Gasteiger partial charge in [-0.25, -0.2) is 0 Å². The molecular formula is C23H29NO2S. The Labute approximate surface area is 166 Å². The minimum atomic E-state index is -0.652. The predicted octanol–water partition coefficient (Wildman–Crippen LogP) is 5.29. The fourth-order valence-electron chi connectivity index (χ4n) is 4.05. The number of piperidine rings is 1. The molecule has 0 radical (unpaired) electrons. The summed E-state index contributed by atoms with van der Waals surface area (Å²) >= 11 is 1.80. The lowest BCUT2D eigenvalue weighted by Crippen LogP contribution is -2.39. The van der Waals surface area contributed by atoms with E-state index in [2.05, 4.69) is 61.4 Å². The molecule has 1 saturated heterocycles. The zero-order chi connectivity index (χ0) is 19.4. The largest absolute Gasteiger partial charge is 0.481 e. The van der Waals surface area contributed by atoms with Crippen LogP contribution in [0.5, 0.6) is 0 Å². The zero-order valence-corrected chi connectivity index (χ0v) is 17.3. The lowest BCUT2D eigenvalue weighted by atomic mass is 9.92. The van der Waals surface area contributed by atoms with Crippen molar-refractivity contribution in [2.45, 2.75) is 40.0 Å². The molecule has 0 aliphatic carbocycles. The number of hydrogen-bond donors (Lipinski definition) is 1. The van der Waals surface area contributed by atoms with Crippen LogP contribution in [0.15, 0.2) is 35.7 Å². The number of rotatable bonds is 6. The van der Waals surface area contributed by atoms with Crippen LogP contribution < -0.4 is 0 Å². The van der Waals surface area contributed by atoms with Crippen molar-refractivity contribution in [1.29, 1.82) is 0 Å². The molecule has 0 bridgehead atoms. The maximum atomic E-state index is 11.3. The Bertz CT molecular complexity index is 816. The maximum Gasteiger partial charge on any atom is 0.307 e. The molecule has 1 atom stereocenters. The monoisotopic (exact) mass is 383 g/mol. The van der Waals surface area contributed by atoms with Gasteiger partial charge in [-0.15, -0.1) is 11.3 Å². The Hall–Kier alpha value is -1.91. The SMILES string of the molecule is Cc1ccsc1/C(=C\CCN1CCCC(C(=O)O)C1)c1c(C)cccc1C. The predicted molar refractivity (Wildman–Crippen MR) is 113 cm³/mol. The van der Waals surface area contributed by atoms with Gasteiger partial charge in [0.2, 0.25) is 0 Å². The molecule has 2 aromatic rings. The van der Waals surface area contributed by atoms with Gasteiger partial charge < -0.3 is 10.0 Å². The maximum absolute atomic E-state index is 11.3. The van der Waals surface area contributed by atoms with Crippen molar-refractivity contribution >= 4 is 22.9 Å². The average molecular weight is 384 g/mol. The van der Waals surface area contributed by atoms with E-state index in [0.717, 1.165) is 32.4 Å².